The summed E-state index contributed by atoms with van der Waals surface area (Å²) >= 11 is 5.97. The van der Waals surface area contributed by atoms with Gasteiger partial charge in [0, 0.05) is 16.0 Å². The Hall–Kier alpha value is -2.53. The summed E-state index contributed by atoms with van der Waals surface area (Å²) in [5, 5.41) is 10.1. The van der Waals surface area contributed by atoms with Crippen LogP contribution in [-0.4, -0.2) is 16.1 Å². The molecule has 23 heavy (non-hydrogen) atoms. The van der Waals surface area contributed by atoms with Crippen LogP contribution in [0.5, 0.6) is 0 Å². The van der Waals surface area contributed by atoms with Crippen LogP contribution in [0.1, 0.15) is 15.9 Å². The Morgan fingerprint density at radius 1 is 1.17 bits per heavy atom. The Bertz CT molecular complexity index is 957. The predicted molar refractivity (Wildman–Crippen MR) is 83.8 cm³/mol. The summed E-state index contributed by atoms with van der Waals surface area (Å²) in [6.07, 6.45) is 0. The number of hydrogen-bond acceptors (Lipinski definition) is 2. The Labute approximate surface area is 135 Å². The first-order valence-corrected chi connectivity index (χ1v) is 7.04. The molecule has 0 bridgehead atoms. The lowest BCUT2D eigenvalue weighted by molar-refractivity contribution is 0.0699. The highest BCUT2D eigenvalue weighted by atomic mass is 35.5. The van der Waals surface area contributed by atoms with E-state index < -0.39 is 17.6 Å². The molecule has 116 valence electrons. The van der Waals surface area contributed by atoms with E-state index in [4.69, 9.17) is 11.6 Å². The maximum atomic E-state index is 14.0. The maximum Gasteiger partial charge on any atom is 0.336 e. The third-order valence-corrected chi connectivity index (χ3v) is 3.72. The molecule has 0 aliphatic carbocycles. The van der Waals surface area contributed by atoms with Crippen LogP contribution < -0.4 is 0 Å². The van der Waals surface area contributed by atoms with E-state index in [1.165, 1.54) is 12.1 Å². The van der Waals surface area contributed by atoms with E-state index >= 15 is 0 Å². The summed E-state index contributed by atoms with van der Waals surface area (Å²) < 4.78 is 27.4. The van der Waals surface area contributed by atoms with Crippen molar-refractivity contribution in [2.45, 2.75) is 6.92 Å². The van der Waals surface area contributed by atoms with Gasteiger partial charge in [-0.3, -0.25) is 0 Å². The van der Waals surface area contributed by atoms with Gasteiger partial charge in [-0.15, -0.1) is 0 Å². The molecule has 3 nitrogen and oxygen atoms in total. The van der Waals surface area contributed by atoms with E-state index in [0.717, 1.165) is 18.2 Å². The fraction of sp³-hybridized carbons (Fsp3) is 0.0588. The van der Waals surface area contributed by atoms with E-state index in [-0.39, 0.29) is 16.8 Å². The van der Waals surface area contributed by atoms with E-state index in [2.05, 4.69) is 4.98 Å². The first-order valence-electron chi connectivity index (χ1n) is 6.66. The summed E-state index contributed by atoms with van der Waals surface area (Å²) in [6, 6.07) is 7.30. The lowest BCUT2D eigenvalue weighted by atomic mass is 10.0. The normalized spacial score (nSPS) is 11.0. The number of carbonyl (C=O) groups is 1. The van der Waals surface area contributed by atoms with Crippen LogP contribution in [0.15, 0.2) is 36.4 Å². The Morgan fingerprint density at radius 3 is 2.61 bits per heavy atom. The van der Waals surface area contributed by atoms with Crippen LogP contribution in [0.3, 0.4) is 0 Å². The number of pyridine rings is 1. The SMILES string of the molecule is Cc1cc(Cl)cc2c(C(=O)O)cc(-c3cc(F)ccc3F)nc12. The zero-order chi connectivity index (χ0) is 16.7. The van der Waals surface area contributed by atoms with Gasteiger partial charge in [0.25, 0.3) is 0 Å². The largest absolute Gasteiger partial charge is 0.478 e. The van der Waals surface area contributed by atoms with Crippen molar-refractivity contribution in [3.05, 3.63) is 64.2 Å². The number of rotatable bonds is 2. The second kappa shape index (κ2) is 5.59. The summed E-state index contributed by atoms with van der Waals surface area (Å²) in [6.45, 7) is 1.72. The molecule has 0 aliphatic heterocycles. The zero-order valence-electron chi connectivity index (χ0n) is 11.9. The van der Waals surface area contributed by atoms with Crippen LogP contribution in [-0.2, 0) is 0 Å². The molecule has 1 aromatic heterocycles. The number of carboxylic acid groups (broad SMARTS) is 1. The number of hydrogen-bond donors (Lipinski definition) is 1. The van der Waals surface area contributed by atoms with Gasteiger partial charge in [0.1, 0.15) is 11.6 Å². The van der Waals surface area contributed by atoms with E-state index in [1.54, 1.807) is 13.0 Å². The van der Waals surface area contributed by atoms with Gasteiger partial charge in [-0.05, 0) is 48.9 Å². The molecule has 3 aromatic rings. The highest BCUT2D eigenvalue weighted by Gasteiger charge is 2.17. The highest BCUT2D eigenvalue weighted by Crippen LogP contribution is 2.30. The lowest BCUT2D eigenvalue weighted by Gasteiger charge is -2.10. The van der Waals surface area contributed by atoms with Gasteiger partial charge in [0.2, 0.25) is 0 Å². The van der Waals surface area contributed by atoms with Gasteiger partial charge in [-0.25, -0.2) is 18.6 Å². The topological polar surface area (TPSA) is 50.2 Å². The number of halogens is 3. The van der Waals surface area contributed by atoms with Crippen LogP contribution in [0.4, 0.5) is 8.78 Å². The second-order valence-corrected chi connectivity index (χ2v) is 5.54. The Kier molecular flexibility index (Phi) is 3.74. The van der Waals surface area contributed by atoms with Crippen molar-refractivity contribution >= 4 is 28.5 Å². The monoisotopic (exact) mass is 333 g/mol. The van der Waals surface area contributed by atoms with Crippen LogP contribution in [0.25, 0.3) is 22.2 Å². The summed E-state index contributed by atoms with van der Waals surface area (Å²) in [5.41, 5.74) is 0.918. The number of carboxylic acids is 1. The molecule has 6 heteroatoms. The van der Waals surface area contributed by atoms with Crippen molar-refractivity contribution in [3.63, 3.8) is 0 Å². The number of aryl methyl sites for hydroxylation is 1. The minimum atomic E-state index is -1.20. The van der Waals surface area contributed by atoms with E-state index in [0.29, 0.717) is 21.5 Å². The standard InChI is InChI=1S/C17H10ClF2NO2/c1-8-4-9(18)5-11-12(17(22)23)7-15(21-16(8)11)13-6-10(19)2-3-14(13)20/h2-7H,1H3,(H,22,23). The first-order chi connectivity index (χ1) is 10.9. The zero-order valence-corrected chi connectivity index (χ0v) is 12.7. The van der Waals surface area contributed by atoms with Crippen molar-refractivity contribution < 1.29 is 18.7 Å². The molecular weight excluding hydrogens is 324 g/mol. The van der Waals surface area contributed by atoms with Gasteiger partial charge in [-0.1, -0.05) is 11.6 Å². The van der Waals surface area contributed by atoms with Gasteiger partial charge in [-0.2, -0.15) is 0 Å². The molecule has 1 N–H and O–H groups in total. The van der Waals surface area contributed by atoms with Crippen molar-refractivity contribution in [3.8, 4) is 11.3 Å². The number of aromatic carboxylic acids is 1. The number of aromatic nitrogens is 1. The molecule has 0 saturated heterocycles. The fourth-order valence-corrected chi connectivity index (χ4v) is 2.74. The van der Waals surface area contributed by atoms with Gasteiger partial charge in [0.05, 0.1) is 16.8 Å². The average molecular weight is 334 g/mol. The molecule has 0 unspecified atom stereocenters. The van der Waals surface area contributed by atoms with Gasteiger partial charge < -0.3 is 5.11 Å². The van der Waals surface area contributed by atoms with Crippen molar-refractivity contribution in [1.29, 1.82) is 0 Å². The number of benzene rings is 2. The number of nitrogens with zero attached hydrogens (tertiary/aromatic N) is 1. The molecule has 0 saturated carbocycles. The first kappa shape index (κ1) is 15.4. The van der Waals surface area contributed by atoms with E-state index in [9.17, 15) is 18.7 Å². The third-order valence-electron chi connectivity index (χ3n) is 3.50. The van der Waals surface area contributed by atoms with Crippen LogP contribution >= 0.6 is 11.6 Å². The van der Waals surface area contributed by atoms with Crippen molar-refractivity contribution in [2.75, 3.05) is 0 Å². The molecule has 2 aromatic carbocycles. The third kappa shape index (κ3) is 2.75. The Balaban J connectivity index is 2.40. The fourth-order valence-electron chi connectivity index (χ4n) is 2.47. The van der Waals surface area contributed by atoms with Crippen molar-refractivity contribution in [1.82, 2.24) is 4.98 Å². The summed E-state index contributed by atoms with van der Waals surface area (Å²) in [5.74, 6) is -2.51. The minimum Gasteiger partial charge on any atom is -0.478 e. The molecule has 1 heterocycles. The van der Waals surface area contributed by atoms with Gasteiger partial charge in [0.15, 0.2) is 0 Å². The average Bonchev–Trinajstić information content (AvgIpc) is 2.48. The Morgan fingerprint density at radius 2 is 1.91 bits per heavy atom. The van der Waals surface area contributed by atoms with Crippen LogP contribution in [0.2, 0.25) is 5.02 Å². The summed E-state index contributed by atoms with van der Waals surface area (Å²) in [7, 11) is 0. The smallest absolute Gasteiger partial charge is 0.336 e. The molecule has 0 amide bonds. The maximum absolute atomic E-state index is 14.0. The molecule has 0 fully saturated rings. The molecule has 0 aliphatic rings. The minimum absolute atomic E-state index is 0.0531. The number of fused-ring (bicyclic) bond motifs is 1. The second-order valence-electron chi connectivity index (χ2n) is 5.10. The molecular formula is C17H10ClF2NO2. The molecule has 0 radical (unpaired) electrons. The molecule has 3 rings (SSSR count). The van der Waals surface area contributed by atoms with Gasteiger partial charge >= 0.3 is 5.97 Å². The predicted octanol–water partition coefficient (Wildman–Crippen LogP) is 4.84. The highest BCUT2D eigenvalue weighted by molar-refractivity contribution is 6.31. The lowest BCUT2D eigenvalue weighted by Crippen LogP contribution is -2.02. The quantitative estimate of drug-likeness (QED) is 0.730. The van der Waals surface area contributed by atoms with Crippen molar-refractivity contribution in [2.24, 2.45) is 0 Å². The summed E-state index contributed by atoms with van der Waals surface area (Å²) in [4.78, 5) is 15.8. The van der Waals surface area contributed by atoms with Crippen LogP contribution in [0, 0.1) is 18.6 Å². The molecule has 0 spiro atoms. The molecule has 0 atom stereocenters. The van der Waals surface area contributed by atoms with E-state index in [1.807, 2.05) is 0 Å².